The van der Waals surface area contributed by atoms with Crippen molar-refractivity contribution in [2.75, 3.05) is 32.6 Å². The number of benzene rings is 1. The highest BCUT2D eigenvalue weighted by atomic mass is 16.5. The first-order valence-corrected chi connectivity index (χ1v) is 10.4. The highest BCUT2D eigenvalue weighted by Gasteiger charge is 2.51. The van der Waals surface area contributed by atoms with E-state index in [1.165, 1.54) is 19.3 Å². The Hall–Kier alpha value is -2.08. The maximum atomic E-state index is 12.7. The number of carbonyl (C=O) groups is 2. The molecule has 0 radical (unpaired) electrons. The smallest absolute Gasteiger partial charge is 0.238 e. The van der Waals surface area contributed by atoms with Gasteiger partial charge >= 0.3 is 0 Å². The summed E-state index contributed by atoms with van der Waals surface area (Å²) in [5.41, 5.74) is 0.714. The molecule has 0 aromatic heterocycles. The summed E-state index contributed by atoms with van der Waals surface area (Å²) in [7, 11) is 3.40. The summed E-state index contributed by atoms with van der Waals surface area (Å²) in [6.45, 7) is 0.415. The fourth-order valence-electron chi connectivity index (χ4n) is 6.05. The molecule has 0 spiro atoms. The third-order valence-electron chi connectivity index (χ3n) is 6.62. The molecule has 4 aliphatic carbocycles. The van der Waals surface area contributed by atoms with Gasteiger partial charge in [0.25, 0.3) is 0 Å². The van der Waals surface area contributed by atoms with Crippen molar-refractivity contribution in [3.05, 3.63) is 24.3 Å². The number of carbonyl (C=O) groups excluding carboxylic acids is 2. The number of hydrogen-bond acceptors (Lipinski definition) is 4. The molecular formula is C22H31N3O3. The highest BCUT2D eigenvalue weighted by Crippen LogP contribution is 2.55. The van der Waals surface area contributed by atoms with Crippen LogP contribution in [-0.4, -0.2) is 49.5 Å². The molecule has 0 heterocycles. The molecule has 5 rings (SSSR count). The van der Waals surface area contributed by atoms with Gasteiger partial charge in [-0.05, 0) is 75.5 Å². The van der Waals surface area contributed by atoms with E-state index in [0.717, 1.165) is 37.0 Å². The molecule has 4 aliphatic rings. The van der Waals surface area contributed by atoms with Crippen LogP contribution in [0.3, 0.4) is 0 Å². The van der Waals surface area contributed by atoms with Crippen molar-refractivity contribution < 1.29 is 14.3 Å². The summed E-state index contributed by atoms with van der Waals surface area (Å²) < 4.78 is 5.17. The number of hydrogen-bond donors (Lipinski definition) is 2. The minimum absolute atomic E-state index is 0.0233. The topological polar surface area (TPSA) is 70.7 Å². The second-order valence-corrected chi connectivity index (χ2v) is 9.20. The van der Waals surface area contributed by atoms with Crippen LogP contribution in [0.1, 0.15) is 38.5 Å². The van der Waals surface area contributed by atoms with E-state index in [0.29, 0.717) is 11.4 Å². The predicted octanol–water partition coefficient (Wildman–Crippen LogP) is 2.65. The summed E-state index contributed by atoms with van der Waals surface area (Å²) in [6.07, 6.45) is 7.51. The van der Waals surface area contributed by atoms with Gasteiger partial charge < -0.3 is 15.4 Å². The van der Waals surface area contributed by atoms with Crippen LogP contribution < -0.4 is 15.4 Å². The number of methoxy groups -OCH3 is 1. The monoisotopic (exact) mass is 385 g/mol. The van der Waals surface area contributed by atoms with Crippen LogP contribution in [-0.2, 0) is 9.59 Å². The van der Waals surface area contributed by atoms with E-state index < -0.39 is 0 Å². The lowest BCUT2D eigenvalue weighted by atomic mass is 9.53. The van der Waals surface area contributed by atoms with E-state index >= 15 is 0 Å². The maximum Gasteiger partial charge on any atom is 0.238 e. The van der Waals surface area contributed by atoms with E-state index in [-0.39, 0.29) is 30.4 Å². The number of ether oxygens (including phenoxy) is 1. The minimum atomic E-state index is -0.140. The van der Waals surface area contributed by atoms with Crippen LogP contribution >= 0.6 is 0 Å². The van der Waals surface area contributed by atoms with Crippen molar-refractivity contribution in [2.45, 2.75) is 44.1 Å². The largest absolute Gasteiger partial charge is 0.497 e. The molecule has 0 atom stereocenters. The van der Waals surface area contributed by atoms with Crippen LogP contribution in [0.5, 0.6) is 5.75 Å². The lowest BCUT2D eigenvalue weighted by molar-refractivity contribution is -0.128. The standard InChI is InChI=1S/C22H31N3O3/c1-25(13-20(26)23-18-4-3-5-19(9-18)28-2)14-21(27)24-22-10-15-6-16(11-22)8-17(7-15)12-22/h3-5,9,15-17H,6-8,10-14H2,1-2H3,(H,23,26)(H,24,27). The number of nitrogens with one attached hydrogen (secondary N) is 2. The van der Waals surface area contributed by atoms with E-state index in [1.54, 1.807) is 18.1 Å². The van der Waals surface area contributed by atoms with E-state index in [4.69, 9.17) is 4.74 Å². The van der Waals surface area contributed by atoms with Crippen molar-refractivity contribution in [2.24, 2.45) is 17.8 Å². The van der Waals surface area contributed by atoms with Crippen molar-refractivity contribution in [1.29, 1.82) is 0 Å². The quantitative estimate of drug-likeness (QED) is 0.757. The lowest BCUT2D eigenvalue weighted by Gasteiger charge is -2.57. The van der Waals surface area contributed by atoms with Crippen LogP contribution in [0.15, 0.2) is 24.3 Å². The first kappa shape index (κ1) is 19.2. The lowest BCUT2D eigenvalue weighted by Crippen LogP contribution is -2.61. The number of rotatable bonds is 7. The van der Waals surface area contributed by atoms with Crippen molar-refractivity contribution >= 4 is 17.5 Å². The molecular weight excluding hydrogens is 354 g/mol. The number of nitrogens with zero attached hydrogens (tertiary/aromatic N) is 1. The van der Waals surface area contributed by atoms with Crippen LogP contribution in [0.4, 0.5) is 5.69 Å². The Morgan fingerprint density at radius 1 is 1.07 bits per heavy atom. The average molecular weight is 386 g/mol. The predicted molar refractivity (Wildman–Crippen MR) is 108 cm³/mol. The number of likely N-dealkylation sites (N-methyl/N-ethyl adjacent to an activating group) is 1. The molecule has 0 saturated heterocycles. The Labute approximate surface area is 167 Å². The van der Waals surface area contributed by atoms with Gasteiger partial charge in [-0.15, -0.1) is 0 Å². The molecule has 6 nitrogen and oxygen atoms in total. The molecule has 1 aromatic rings. The molecule has 28 heavy (non-hydrogen) atoms. The Kier molecular flexibility index (Phi) is 5.32. The third kappa shape index (κ3) is 4.32. The maximum absolute atomic E-state index is 12.7. The average Bonchev–Trinajstić information content (AvgIpc) is 2.59. The van der Waals surface area contributed by atoms with Gasteiger partial charge in [-0.3, -0.25) is 14.5 Å². The van der Waals surface area contributed by atoms with Gasteiger partial charge in [0.15, 0.2) is 0 Å². The first-order valence-electron chi connectivity index (χ1n) is 10.4. The van der Waals surface area contributed by atoms with E-state index in [9.17, 15) is 9.59 Å². The van der Waals surface area contributed by atoms with Gasteiger partial charge in [-0.2, -0.15) is 0 Å². The second-order valence-electron chi connectivity index (χ2n) is 9.20. The molecule has 1 aromatic carbocycles. The highest BCUT2D eigenvalue weighted by molar-refractivity contribution is 5.92. The fourth-order valence-corrected chi connectivity index (χ4v) is 6.05. The van der Waals surface area contributed by atoms with E-state index in [2.05, 4.69) is 10.6 Å². The molecule has 4 bridgehead atoms. The van der Waals surface area contributed by atoms with E-state index in [1.807, 2.05) is 25.2 Å². The summed E-state index contributed by atoms with van der Waals surface area (Å²) in [6, 6.07) is 7.26. The van der Waals surface area contributed by atoms with Crippen molar-refractivity contribution in [3.8, 4) is 5.75 Å². The van der Waals surface area contributed by atoms with Gasteiger partial charge in [0.2, 0.25) is 11.8 Å². The van der Waals surface area contributed by atoms with Gasteiger partial charge in [0.1, 0.15) is 5.75 Å². The van der Waals surface area contributed by atoms with Crippen LogP contribution in [0.25, 0.3) is 0 Å². The SMILES string of the molecule is COc1cccc(NC(=O)CN(C)CC(=O)NC23CC4CC(CC(C4)C2)C3)c1. The Balaban J connectivity index is 1.26. The minimum Gasteiger partial charge on any atom is -0.497 e. The Bertz CT molecular complexity index is 713. The van der Waals surface area contributed by atoms with Gasteiger partial charge in [0, 0.05) is 17.3 Å². The molecule has 4 fully saturated rings. The normalized spacial score (nSPS) is 30.3. The zero-order chi connectivity index (χ0) is 19.7. The number of anilines is 1. The van der Waals surface area contributed by atoms with Crippen molar-refractivity contribution in [3.63, 3.8) is 0 Å². The molecule has 2 N–H and O–H groups in total. The van der Waals surface area contributed by atoms with Crippen LogP contribution in [0.2, 0.25) is 0 Å². The second kappa shape index (κ2) is 7.74. The molecule has 4 saturated carbocycles. The molecule has 152 valence electrons. The first-order chi connectivity index (χ1) is 13.4. The Morgan fingerprint density at radius 3 is 2.29 bits per heavy atom. The molecule has 2 amide bonds. The summed E-state index contributed by atoms with van der Waals surface area (Å²) in [5.74, 6) is 3.01. The zero-order valence-corrected chi connectivity index (χ0v) is 16.9. The van der Waals surface area contributed by atoms with Gasteiger partial charge in [-0.1, -0.05) is 6.07 Å². The number of amides is 2. The third-order valence-corrected chi connectivity index (χ3v) is 6.62. The molecule has 0 aliphatic heterocycles. The summed E-state index contributed by atoms with van der Waals surface area (Å²) in [4.78, 5) is 26.7. The Morgan fingerprint density at radius 2 is 1.68 bits per heavy atom. The van der Waals surface area contributed by atoms with Crippen molar-refractivity contribution in [1.82, 2.24) is 10.2 Å². The summed E-state index contributed by atoms with van der Waals surface area (Å²) >= 11 is 0. The molecule has 6 heteroatoms. The molecule has 0 unspecified atom stereocenters. The zero-order valence-electron chi connectivity index (χ0n) is 16.9. The fraction of sp³-hybridized carbons (Fsp3) is 0.636. The van der Waals surface area contributed by atoms with Crippen LogP contribution in [0, 0.1) is 17.8 Å². The van der Waals surface area contributed by atoms with Gasteiger partial charge in [0.05, 0.1) is 20.2 Å². The van der Waals surface area contributed by atoms with Gasteiger partial charge in [-0.25, -0.2) is 0 Å². The summed E-state index contributed by atoms with van der Waals surface area (Å²) in [5, 5.41) is 6.22.